The molecule has 0 amide bonds. The van der Waals surface area contributed by atoms with E-state index in [0.717, 1.165) is 10.8 Å². The van der Waals surface area contributed by atoms with Gasteiger partial charge in [-0.1, -0.05) is 40.8 Å². The average Bonchev–Trinajstić information content (AvgIpc) is 2.30. The molecule has 76 valence electrons. The average molecular weight is 311 g/mol. The van der Waals surface area contributed by atoms with Crippen LogP contribution in [0.1, 0.15) is 0 Å². The largest absolute Gasteiger partial charge is 0.473 e. The molecule has 3 heteroatoms. The van der Waals surface area contributed by atoms with Crippen molar-refractivity contribution in [3.8, 4) is 5.88 Å². The maximum absolute atomic E-state index is 5.56. The molecule has 2 rings (SSSR count). The quantitative estimate of drug-likeness (QED) is 0.809. The van der Waals surface area contributed by atoms with Crippen LogP contribution in [0.25, 0.3) is 10.8 Å². The second kappa shape index (κ2) is 5.11. The Bertz CT molecular complexity index is 477. The van der Waals surface area contributed by atoms with Crippen molar-refractivity contribution in [1.82, 2.24) is 4.98 Å². The first-order chi connectivity index (χ1) is 7.42. The van der Waals surface area contributed by atoms with Gasteiger partial charge < -0.3 is 4.74 Å². The number of ether oxygens (including phenoxy) is 1. The number of hydrogen-bond donors (Lipinski definition) is 0. The number of halogens is 1. The second-order valence-corrected chi connectivity index (χ2v) is 3.73. The molecule has 15 heavy (non-hydrogen) atoms. The molecule has 0 fully saturated rings. The second-order valence-electron chi connectivity index (χ2n) is 3.01. The molecule has 0 aliphatic rings. The molecular formula is C12H10INO. The lowest BCUT2D eigenvalue weighted by atomic mass is 10.2. The maximum atomic E-state index is 5.56. The van der Waals surface area contributed by atoms with Crippen molar-refractivity contribution >= 4 is 33.4 Å². The number of nitrogens with zero attached hydrogens (tertiary/aromatic N) is 1. The molecule has 0 spiro atoms. The smallest absolute Gasteiger partial charge is 0.221 e. The number of aromatic nitrogens is 1. The van der Waals surface area contributed by atoms with Gasteiger partial charge in [-0.15, -0.1) is 0 Å². The number of rotatable bonds is 3. The van der Waals surface area contributed by atoms with Crippen LogP contribution in [0.4, 0.5) is 0 Å². The first-order valence-corrected chi connectivity index (χ1v) is 5.88. The summed E-state index contributed by atoms with van der Waals surface area (Å²) in [6, 6.07) is 10.1. The molecule has 0 N–H and O–H groups in total. The minimum Gasteiger partial charge on any atom is -0.473 e. The summed E-state index contributed by atoms with van der Waals surface area (Å²) in [6.07, 6.45) is 3.72. The van der Waals surface area contributed by atoms with Crippen molar-refractivity contribution in [3.05, 3.63) is 46.7 Å². The summed E-state index contributed by atoms with van der Waals surface area (Å²) in [5.74, 6) is 0.697. The van der Waals surface area contributed by atoms with Gasteiger partial charge in [-0.05, 0) is 27.7 Å². The van der Waals surface area contributed by atoms with Gasteiger partial charge in [-0.3, -0.25) is 0 Å². The summed E-state index contributed by atoms with van der Waals surface area (Å²) in [6.45, 7) is 0.559. The maximum Gasteiger partial charge on any atom is 0.221 e. The molecule has 0 unspecified atom stereocenters. The van der Waals surface area contributed by atoms with Crippen LogP contribution < -0.4 is 4.74 Å². The van der Waals surface area contributed by atoms with E-state index in [1.54, 1.807) is 6.20 Å². The van der Waals surface area contributed by atoms with Crippen LogP contribution >= 0.6 is 22.6 Å². The first-order valence-electron chi connectivity index (χ1n) is 4.63. The summed E-state index contributed by atoms with van der Waals surface area (Å²) in [5.41, 5.74) is 0. The summed E-state index contributed by atoms with van der Waals surface area (Å²) in [5, 5.41) is 2.21. The molecule has 1 aromatic carbocycles. The number of pyridine rings is 1. The van der Waals surface area contributed by atoms with E-state index in [9.17, 15) is 0 Å². The fourth-order valence-electron chi connectivity index (χ4n) is 1.37. The van der Waals surface area contributed by atoms with Crippen LogP contribution in [-0.4, -0.2) is 11.6 Å². The molecular weight excluding hydrogens is 301 g/mol. The summed E-state index contributed by atoms with van der Waals surface area (Å²) in [7, 11) is 0. The van der Waals surface area contributed by atoms with Gasteiger partial charge in [0.25, 0.3) is 0 Å². The predicted molar refractivity (Wildman–Crippen MR) is 70.4 cm³/mol. The zero-order valence-corrected chi connectivity index (χ0v) is 10.2. The zero-order valence-electron chi connectivity index (χ0n) is 8.06. The van der Waals surface area contributed by atoms with E-state index in [2.05, 4.69) is 33.6 Å². The lowest BCUT2D eigenvalue weighted by Crippen LogP contribution is -1.95. The van der Waals surface area contributed by atoms with Gasteiger partial charge in [-0.2, -0.15) is 0 Å². The highest BCUT2D eigenvalue weighted by Gasteiger charge is 2.00. The molecule has 0 atom stereocenters. The third-order valence-corrected chi connectivity index (χ3v) is 2.55. The third kappa shape index (κ3) is 2.47. The van der Waals surface area contributed by atoms with E-state index < -0.39 is 0 Å². The molecule has 0 aliphatic heterocycles. The standard InChI is InChI=1S/C12H10INO/c13-7-3-9-15-12-11-5-2-1-4-10(11)6-8-14-12/h1-8H,9H2/b7-3+. The van der Waals surface area contributed by atoms with Crippen LogP contribution in [-0.2, 0) is 0 Å². The van der Waals surface area contributed by atoms with E-state index in [0.29, 0.717) is 12.5 Å². The van der Waals surface area contributed by atoms with E-state index in [1.807, 2.05) is 34.4 Å². The predicted octanol–water partition coefficient (Wildman–Crippen LogP) is 3.56. The molecule has 1 aromatic heterocycles. The van der Waals surface area contributed by atoms with Crippen LogP contribution in [0.5, 0.6) is 5.88 Å². The van der Waals surface area contributed by atoms with Crippen LogP contribution in [0.3, 0.4) is 0 Å². The number of hydrogen-bond acceptors (Lipinski definition) is 2. The van der Waals surface area contributed by atoms with Crippen molar-refractivity contribution in [3.63, 3.8) is 0 Å². The van der Waals surface area contributed by atoms with Crippen LogP contribution in [0.2, 0.25) is 0 Å². The van der Waals surface area contributed by atoms with Gasteiger partial charge in [0, 0.05) is 11.6 Å². The van der Waals surface area contributed by atoms with Gasteiger partial charge >= 0.3 is 0 Å². The third-order valence-electron chi connectivity index (χ3n) is 2.04. The Hall–Kier alpha value is -1.10. The Kier molecular flexibility index (Phi) is 3.55. The Morgan fingerprint density at radius 1 is 1.27 bits per heavy atom. The van der Waals surface area contributed by atoms with Crippen LogP contribution in [0.15, 0.2) is 46.7 Å². The highest BCUT2D eigenvalue weighted by molar-refractivity contribution is 14.1. The first kappa shape index (κ1) is 10.4. The van der Waals surface area contributed by atoms with Crippen molar-refractivity contribution in [2.24, 2.45) is 0 Å². The molecule has 0 aliphatic carbocycles. The molecule has 0 bridgehead atoms. The van der Waals surface area contributed by atoms with Crippen LogP contribution in [0, 0.1) is 0 Å². The molecule has 0 radical (unpaired) electrons. The van der Waals surface area contributed by atoms with E-state index in [4.69, 9.17) is 4.74 Å². The molecule has 2 nitrogen and oxygen atoms in total. The zero-order chi connectivity index (χ0) is 10.5. The van der Waals surface area contributed by atoms with E-state index >= 15 is 0 Å². The lowest BCUT2D eigenvalue weighted by Gasteiger charge is -2.05. The summed E-state index contributed by atoms with van der Waals surface area (Å²) < 4.78 is 7.49. The van der Waals surface area contributed by atoms with Gasteiger partial charge in [0.1, 0.15) is 6.61 Å². The van der Waals surface area contributed by atoms with Gasteiger partial charge in [0.2, 0.25) is 5.88 Å². The fraction of sp³-hybridized carbons (Fsp3) is 0.0833. The minimum atomic E-state index is 0.559. The number of benzene rings is 1. The summed E-state index contributed by atoms with van der Waals surface area (Å²) in [4.78, 5) is 4.22. The minimum absolute atomic E-state index is 0.559. The summed E-state index contributed by atoms with van der Waals surface area (Å²) >= 11 is 2.17. The topological polar surface area (TPSA) is 22.1 Å². The SMILES string of the molecule is I/C=C/COc1nccc2ccccc12. The van der Waals surface area contributed by atoms with Crippen molar-refractivity contribution in [2.45, 2.75) is 0 Å². The van der Waals surface area contributed by atoms with E-state index in [1.165, 1.54) is 0 Å². The van der Waals surface area contributed by atoms with Gasteiger partial charge in [0.15, 0.2) is 0 Å². The Balaban J connectivity index is 2.34. The highest BCUT2D eigenvalue weighted by Crippen LogP contribution is 2.22. The van der Waals surface area contributed by atoms with Crippen molar-refractivity contribution in [2.75, 3.05) is 6.61 Å². The Morgan fingerprint density at radius 2 is 2.13 bits per heavy atom. The van der Waals surface area contributed by atoms with Gasteiger partial charge in [0.05, 0.1) is 0 Å². The number of fused-ring (bicyclic) bond motifs is 1. The molecule has 0 saturated heterocycles. The Labute approximate surface area is 102 Å². The van der Waals surface area contributed by atoms with Gasteiger partial charge in [-0.25, -0.2) is 4.98 Å². The lowest BCUT2D eigenvalue weighted by molar-refractivity contribution is 0.353. The fourth-order valence-corrected chi connectivity index (χ4v) is 1.58. The normalized spacial score (nSPS) is 11.0. The monoisotopic (exact) mass is 311 g/mol. The highest BCUT2D eigenvalue weighted by atomic mass is 127. The molecule has 2 aromatic rings. The molecule has 0 saturated carbocycles. The van der Waals surface area contributed by atoms with E-state index in [-0.39, 0.29) is 0 Å². The van der Waals surface area contributed by atoms with Crippen molar-refractivity contribution in [1.29, 1.82) is 0 Å². The molecule has 1 heterocycles. The van der Waals surface area contributed by atoms with Crippen molar-refractivity contribution < 1.29 is 4.74 Å². The Morgan fingerprint density at radius 3 is 3.00 bits per heavy atom.